The molecule has 134 valence electrons. The van der Waals surface area contributed by atoms with Crippen LogP contribution in [-0.2, 0) is 6.42 Å². The summed E-state index contributed by atoms with van der Waals surface area (Å²) in [6.07, 6.45) is 0.790. The molecule has 0 aromatic heterocycles. The van der Waals surface area contributed by atoms with Gasteiger partial charge < -0.3 is 10.2 Å². The van der Waals surface area contributed by atoms with E-state index in [4.69, 9.17) is 23.2 Å². The van der Waals surface area contributed by atoms with Gasteiger partial charge in [0.2, 0.25) is 0 Å². The Morgan fingerprint density at radius 1 is 1.12 bits per heavy atom. The lowest BCUT2D eigenvalue weighted by Crippen LogP contribution is -2.25. The van der Waals surface area contributed by atoms with Crippen LogP contribution in [0, 0.1) is 0 Å². The molecular weight excluding hydrogens is 375 g/mol. The second kappa shape index (κ2) is 10.1. The molecule has 3 nitrogen and oxygen atoms in total. The lowest BCUT2D eigenvalue weighted by Gasteiger charge is -2.12. The lowest BCUT2D eigenvalue weighted by atomic mass is 10.1. The first-order chi connectivity index (χ1) is 12.0. The van der Waals surface area contributed by atoms with Gasteiger partial charge in [-0.1, -0.05) is 41.4 Å². The summed E-state index contributed by atoms with van der Waals surface area (Å²) >= 11 is 13.7. The van der Waals surface area contributed by atoms with Crippen molar-refractivity contribution in [2.45, 2.75) is 11.3 Å². The Hall–Kier alpha value is -1.20. The summed E-state index contributed by atoms with van der Waals surface area (Å²) in [5.74, 6) is 0.899. The summed E-state index contributed by atoms with van der Waals surface area (Å²) in [5.41, 5.74) is 1.77. The Morgan fingerprint density at radius 2 is 1.88 bits per heavy atom. The van der Waals surface area contributed by atoms with Crippen molar-refractivity contribution in [3.8, 4) is 0 Å². The molecular formula is C19H22Cl2N2OS. The van der Waals surface area contributed by atoms with E-state index in [1.54, 1.807) is 18.2 Å². The molecule has 2 aromatic rings. The number of thioether (sulfide) groups is 1. The Morgan fingerprint density at radius 3 is 2.60 bits per heavy atom. The van der Waals surface area contributed by atoms with Crippen LogP contribution in [0.25, 0.3) is 0 Å². The van der Waals surface area contributed by atoms with Crippen molar-refractivity contribution in [3.05, 3.63) is 63.6 Å². The highest BCUT2D eigenvalue weighted by Gasteiger charge is 2.08. The monoisotopic (exact) mass is 396 g/mol. The molecule has 0 spiro atoms. The maximum Gasteiger partial charge on any atom is 0.251 e. The minimum Gasteiger partial charge on any atom is -0.352 e. The van der Waals surface area contributed by atoms with E-state index in [-0.39, 0.29) is 5.91 Å². The Balaban J connectivity index is 1.88. The van der Waals surface area contributed by atoms with E-state index in [2.05, 4.69) is 42.5 Å². The fraction of sp³-hybridized carbons (Fsp3) is 0.316. The molecule has 2 rings (SSSR count). The molecule has 1 N–H and O–H groups in total. The minimum absolute atomic E-state index is 0.142. The number of hydrogen-bond acceptors (Lipinski definition) is 3. The van der Waals surface area contributed by atoms with Crippen molar-refractivity contribution in [2.75, 3.05) is 32.9 Å². The fourth-order valence-electron chi connectivity index (χ4n) is 2.24. The zero-order valence-corrected chi connectivity index (χ0v) is 16.7. The van der Waals surface area contributed by atoms with Crippen LogP contribution in [0.15, 0.2) is 47.4 Å². The number of nitrogens with one attached hydrogen (secondary N) is 1. The topological polar surface area (TPSA) is 32.3 Å². The molecule has 1 amide bonds. The van der Waals surface area contributed by atoms with Gasteiger partial charge in [-0.3, -0.25) is 4.79 Å². The number of carbonyl (C=O) groups is 1. The summed E-state index contributed by atoms with van der Waals surface area (Å²) in [7, 11) is 4.15. The largest absolute Gasteiger partial charge is 0.352 e. The van der Waals surface area contributed by atoms with Crippen LogP contribution in [-0.4, -0.2) is 43.7 Å². The zero-order valence-electron chi connectivity index (χ0n) is 14.4. The molecule has 0 bridgehead atoms. The highest BCUT2D eigenvalue weighted by molar-refractivity contribution is 7.99. The number of rotatable bonds is 8. The van der Waals surface area contributed by atoms with E-state index in [0.29, 0.717) is 22.2 Å². The lowest BCUT2D eigenvalue weighted by molar-refractivity contribution is 0.0954. The number of amides is 1. The molecule has 0 aliphatic heterocycles. The van der Waals surface area contributed by atoms with E-state index in [0.717, 1.165) is 18.7 Å². The average molecular weight is 397 g/mol. The summed E-state index contributed by atoms with van der Waals surface area (Å²) in [5, 5.41) is 3.77. The van der Waals surface area contributed by atoms with Crippen molar-refractivity contribution in [1.29, 1.82) is 0 Å². The molecule has 0 aliphatic rings. The van der Waals surface area contributed by atoms with Crippen LogP contribution in [0.2, 0.25) is 10.0 Å². The van der Waals surface area contributed by atoms with Gasteiger partial charge in [-0.15, -0.1) is 11.8 Å². The maximum absolute atomic E-state index is 12.2. The van der Waals surface area contributed by atoms with Crippen LogP contribution in [0.4, 0.5) is 0 Å². The summed E-state index contributed by atoms with van der Waals surface area (Å²) in [6.45, 7) is 1.61. The van der Waals surface area contributed by atoms with E-state index in [1.165, 1.54) is 10.5 Å². The van der Waals surface area contributed by atoms with Gasteiger partial charge in [0.1, 0.15) is 0 Å². The highest BCUT2D eigenvalue weighted by atomic mass is 35.5. The van der Waals surface area contributed by atoms with E-state index < -0.39 is 0 Å². The third-order valence-corrected chi connectivity index (χ3v) is 5.47. The maximum atomic E-state index is 12.2. The number of carbonyl (C=O) groups excluding carboxylic acids is 1. The second-order valence-corrected chi connectivity index (χ2v) is 7.85. The first-order valence-electron chi connectivity index (χ1n) is 8.06. The van der Waals surface area contributed by atoms with Gasteiger partial charge in [0, 0.05) is 29.3 Å². The molecule has 6 heteroatoms. The number of benzene rings is 2. The second-order valence-electron chi connectivity index (χ2n) is 5.89. The van der Waals surface area contributed by atoms with Gasteiger partial charge in [0.05, 0.1) is 10.0 Å². The normalized spacial score (nSPS) is 10.9. The molecule has 0 unspecified atom stereocenters. The quantitative estimate of drug-likeness (QED) is 0.660. The number of nitrogens with zero attached hydrogens (tertiary/aromatic N) is 1. The van der Waals surface area contributed by atoms with Gasteiger partial charge in [-0.2, -0.15) is 0 Å². The van der Waals surface area contributed by atoms with Crippen LogP contribution in [0.3, 0.4) is 0 Å². The Kier molecular flexibility index (Phi) is 8.10. The molecule has 0 fully saturated rings. The standard InChI is InChI=1S/C19H22Cl2N2OS/c1-23(2)11-12-25-18-6-4-3-5-14(18)9-10-22-19(24)15-7-8-16(20)17(21)13-15/h3-8,13H,9-12H2,1-2H3,(H,22,24). The first kappa shape index (κ1) is 20.1. The van der Waals surface area contributed by atoms with Gasteiger partial charge in [-0.05, 0) is 50.3 Å². The van der Waals surface area contributed by atoms with E-state index in [9.17, 15) is 4.79 Å². The molecule has 25 heavy (non-hydrogen) atoms. The summed E-state index contributed by atoms with van der Waals surface area (Å²) in [4.78, 5) is 15.7. The highest BCUT2D eigenvalue weighted by Crippen LogP contribution is 2.24. The van der Waals surface area contributed by atoms with Crippen molar-refractivity contribution in [3.63, 3.8) is 0 Å². The van der Waals surface area contributed by atoms with Crippen LogP contribution in [0.1, 0.15) is 15.9 Å². The molecule has 0 saturated carbocycles. The van der Waals surface area contributed by atoms with Crippen LogP contribution >= 0.6 is 35.0 Å². The predicted octanol–water partition coefficient (Wildman–Crippen LogP) is 4.62. The third kappa shape index (κ3) is 6.55. The zero-order chi connectivity index (χ0) is 18.2. The molecule has 0 heterocycles. The van der Waals surface area contributed by atoms with Gasteiger partial charge in [0.25, 0.3) is 5.91 Å². The van der Waals surface area contributed by atoms with Gasteiger partial charge in [0.15, 0.2) is 0 Å². The van der Waals surface area contributed by atoms with Crippen LogP contribution in [0.5, 0.6) is 0 Å². The molecule has 2 aromatic carbocycles. The fourth-order valence-corrected chi connectivity index (χ4v) is 3.74. The molecule has 0 atom stereocenters. The number of halogens is 2. The van der Waals surface area contributed by atoms with Gasteiger partial charge in [-0.25, -0.2) is 0 Å². The van der Waals surface area contributed by atoms with Crippen LogP contribution < -0.4 is 5.32 Å². The van der Waals surface area contributed by atoms with E-state index >= 15 is 0 Å². The van der Waals surface area contributed by atoms with Gasteiger partial charge >= 0.3 is 0 Å². The average Bonchev–Trinajstić information content (AvgIpc) is 2.58. The predicted molar refractivity (Wildman–Crippen MR) is 108 cm³/mol. The smallest absolute Gasteiger partial charge is 0.251 e. The van der Waals surface area contributed by atoms with Crippen molar-refractivity contribution >= 4 is 40.9 Å². The Bertz CT molecular complexity index is 722. The summed E-state index contributed by atoms with van der Waals surface area (Å²) < 4.78 is 0. The van der Waals surface area contributed by atoms with Crippen molar-refractivity contribution in [2.24, 2.45) is 0 Å². The molecule has 0 radical (unpaired) electrons. The molecule has 0 saturated heterocycles. The number of hydrogen-bond donors (Lipinski definition) is 1. The summed E-state index contributed by atoms with van der Waals surface area (Å²) in [6, 6.07) is 13.2. The van der Waals surface area contributed by atoms with Crippen molar-refractivity contribution < 1.29 is 4.79 Å². The first-order valence-corrected chi connectivity index (χ1v) is 9.80. The molecule has 0 aliphatic carbocycles. The van der Waals surface area contributed by atoms with E-state index in [1.807, 2.05) is 17.8 Å². The Labute approximate surface area is 163 Å². The van der Waals surface area contributed by atoms with Crippen molar-refractivity contribution in [1.82, 2.24) is 10.2 Å². The minimum atomic E-state index is -0.142. The third-order valence-electron chi connectivity index (χ3n) is 3.63. The SMILES string of the molecule is CN(C)CCSc1ccccc1CCNC(=O)c1ccc(Cl)c(Cl)c1.